The SMILES string of the molecule is CCC1SCCSC1c1noc(CC2CSCCN2)n1. The molecule has 3 atom stereocenters. The molecule has 0 saturated carbocycles. The predicted octanol–water partition coefficient (Wildman–Crippen LogP) is 2.62. The van der Waals surface area contributed by atoms with Gasteiger partial charge < -0.3 is 9.84 Å². The van der Waals surface area contributed by atoms with Gasteiger partial charge in [-0.25, -0.2) is 0 Å². The van der Waals surface area contributed by atoms with Gasteiger partial charge in [0, 0.05) is 47.3 Å². The molecule has 3 unspecified atom stereocenters. The highest BCUT2D eigenvalue weighted by Gasteiger charge is 2.30. The van der Waals surface area contributed by atoms with Crippen molar-refractivity contribution in [3.63, 3.8) is 0 Å². The first-order valence-electron chi connectivity index (χ1n) is 7.23. The molecule has 2 fully saturated rings. The van der Waals surface area contributed by atoms with E-state index in [4.69, 9.17) is 4.52 Å². The lowest BCUT2D eigenvalue weighted by Crippen LogP contribution is -2.38. The molecule has 0 radical (unpaired) electrons. The normalized spacial score (nSPS) is 31.4. The van der Waals surface area contributed by atoms with Crippen LogP contribution in [-0.4, -0.2) is 51.0 Å². The average molecular weight is 332 g/mol. The quantitative estimate of drug-likeness (QED) is 0.910. The topological polar surface area (TPSA) is 51.0 Å². The molecular weight excluding hydrogens is 310 g/mol. The minimum Gasteiger partial charge on any atom is -0.339 e. The number of nitrogens with one attached hydrogen (secondary N) is 1. The third-order valence-electron chi connectivity index (χ3n) is 3.61. The Labute approximate surface area is 133 Å². The van der Waals surface area contributed by atoms with Gasteiger partial charge in [0.1, 0.15) is 0 Å². The molecule has 112 valence electrons. The number of aromatic nitrogens is 2. The zero-order chi connectivity index (χ0) is 13.8. The lowest BCUT2D eigenvalue weighted by molar-refractivity contribution is 0.358. The first-order chi connectivity index (χ1) is 9.86. The van der Waals surface area contributed by atoms with E-state index in [9.17, 15) is 0 Å². The highest BCUT2D eigenvalue weighted by molar-refractivity contribution is 8.06. The predicted molar refractivity (Wildman–Crippen MR) is 88.9 cm³/mol. The average Bonchev–Trinajstić information content (AvgIpc) is 2.96. The number of hydrogen-bond donors (Lipinski definition) is 1. The third kappa shape index (κ3) is 3.67. The number of rotatable bonds is 4. The van der Waals surface area contributed by atoms with Gasteiger partial charge in [-0.3, -0.25) is 0 Å². The first-order valence-corrected chi connectivity index (χ1v) is 10.5. The van der Waals surface area contributed by atoms with Crippen LogP contribution in [0.1, 0.15) is 30.3 Å². The molecule has 1 aromatic heterocycles. The zero-order valence-corrected chi connectivity index (χ0v) is 14.2. The summed E-state index contributed by atoms with van der Waals surface area (Å²) in [5.74, 6) is 6.49. The third-order valence-corrected chi connectivity index (χ3v) is 7.98. The fourth-order valence-corrected chi connectivity index (χ4v) is 6.50. The molecule has 0 aromatic carbocycles. The molecule has 2 saturated heterocycles. The fraction of sp³-hybridized carbons (Fsp3) is 0.846. The minimum absolute atomic E-state index is 0.407. The van der Waals surface area contributed by atoms with Crippen LogP contribution in [0, 0.1) is 0 Å². The van der Waals surface area contributed by atoms with Crippen molar-refractivity contribution in [3.05, 3.63) is 11.7 Å². The lowest BCUT2D eigenvalue weighted by atomic mass is 10.2. The van der Waals surface area contributed by atoms with Crippen LogP contribution in [0.3, 0.4) is 0 Å². The smallest absolute Gasteiger partial charge is 0.228 e. The van der Waals surface area contributed by atoms with Gasteiger partial charge in [-0.05, 0) is 6.42 Å². The van der Waals surface area contributed by atoms with Crippen molar-refractivity contribution in [2.24, 2.45) is 0 Å². The number of nitrogens with zero attached hydrogens (tertiary/aromatic N) is 2. The fourth-order valence-electron chi connectivity index (χ4n) is 2.57. The molecule has 3 rings (SSSR count). The Morgan fingerprint density at radius 1 is 1.30 bits per heavy atom. The summed E-state index contributed by atoms with van der Waals surface area (Å²) >= 11 is 6.04. The summed E-state index contributed by atoms with van der Waals surface area (Å²) in [7, 11) is 0. The van der Waals surface area contributed by atoms with Crippen LogP contribution in [0.15, 0.2) is 4.52 Å². The van der Waals surface area contributed by atoms with Crippen LogP contribution in [0.25, 0.3) is 0 Å². The molecule has 2 aliphatic rings. The van der Waals surface area contributed by atoms with Crippen molar-refractivity contribution < 1.29 is 4.52 Å². The van der Waals surface area contributed by atoms with Crippen LogP contribution in [0.4, 0.5) is 0 Å². The summed E-state index contributed by atoms with van der Waals surface area (Å²) in [6, 6.07) is 0.484. The molecule has 3 heterocycles. The Kier molecular flexibility index (Phi) is 5.59. The molecular formula is C13H21N3OS3. The monoisotopic (exact) mass is 331 g/mol. The summed E-state index contributed by atoms with van der Waals surface area (Å²) in [5, 5.41) is 8.80. The van der Waals surface area contributed by atoms with E-state index in [1.54, 1.807) is 0 Å². The van der Waals surface area contributed by atoms with E-state index in [0.717, 1.165) is 30.4 Å². The zero-order valence-electron chi connectivity index (χ0n) is 11.7. The van der Waals surface area contributed by atoms with E-state index in [1.165, 1.54) is 23.7 Å². The van der Waals surface area contributed by atoms with Crippen LogP contribution in [0.5, 0.6) is 0 Å². The second kappa shape index (κ2) is 7.42. The first kappa shape index (κ1) is 15.1. The molecule has 0 spiro atoms. The summed E-state index contributed by atoms with van der Waals surface area (Å²) in [4.78, 5) is 4.67. The van der Waals surface area contributed by atoms with Gasteiger partial charge >= 0.3 is 0 Å². The van der Waals surface area contributed by atoms with Crippen molar-refractivity contribution in [1.82, 2.24) is 15.5 Å². The van der Waals surface area contributed by atoms with Crippen molar-refractivity contribution in [3.8, 4) is 0 Å². The molecule has 20 heavy (non-hydrogen) atoms. The molecule has 0 amide bonds. The van der Waals surface area contributed by atoms with E-state index < -0.39 is 0 Å². The molecule has 4 nitrogen and oxygen atoms in total. The number of hydrogen-bond acceptors (Lipinski definition) is 7. The van der Waals surface area contributed by atoms with Gasteiger partial charge in [0.15, 0.2) is 5.82 Å². The molecule has 1 N–H and O–H groups in total. The van der Waals surface area contributed by atoms with Crippen molar-refractivity contribution >= 4 is 35.3 Å². The van der Waals surface area contributed by atoms with E-state index in [0.29, 0.717) is 16.5 Å². The standard InChI is InChI=1S/C13H21N3OS3/c1-2-10-12(20-6-5-19-10)13-15-11(17-16-13)7-9-8-18-4-3-14-9/h9-10,12,14H,2-8H2,1H3. The second-order valence-electron chi connectivity index (χ2n) is 5.09. The molecule has 0 bridgehead atoms. The lowest BCUT2D eigenvalue weighted by Gasteiger charge is -2.27. The van der Waals surface area contributed by atoms with E-state index >= 15 is 0 Å². The molecule has 1 aromatic rings. The maximum atomic E-state index is 5.48. The van der Waals surface area contributed by atoms with Crippen molar-refractivity contribution in [2.75, 3.05) is 29.6 Å². The van der Waals surface area contributed by atoms with Crippen molar-refractivity contribution in [1.29, 1.82) is 0 Å². The summed E-state index contributed by atoms with van der Waals surface area (Å²) in [6.07, 6.45) is 2.04. The Morgan fingerprint density at radius 2 is 2.20 bits per heavy atom. The van der Waals surface area contributed by atoms with Gasteiger partial charge in [0.2, 0.25) is 5.89 Å². The summed E-state index contributed by atoms with van der Waals surface area (Å²) in [6.45, 7) is 3.34. The van der Waals surface area contributed by atoms with Crippen LogP contribution >= 0.6 is 35.3 Å². The maximum Gasteiger partial charge on any atom is 0.228 e. The largest absolute Gasteiger partial charge is 0.339 e. The highest BCUT2D eigenvalue weighted by Crippen LogP contribution is 2.42. The van der Waals surface area contributed by atoms with Gasteiger partial charge in [0.25, 0.3) is 0 Å². The maximum absolute atomic E-state index is 5.48. The summed E-state index contributed by atoms with van der Waals surface area (Å²) in [5.41, 5.74) is 0. The molecule has 0 aliphatic carbocycles. The van der Waals surface area contributed by atoms with E-state index in [-0.39, 0.29) is 0 Å². The Morgan fingerprint density at radius 3 is 3.00 bits per heavy atom. The molecule has 7 heteroatoms. The summed E-state index contributed by atoms with van der Waals surface area (Å²) < 4.78 is 5.48. The number of thioether (sulfide) groups is 3. The Balaban J connectivity index is 1.63. The minimum atomic E-state index is 0.407. The highest BCUT2D eigenvalue weighted by atomic mass is 32.2. The van der Waals surface area contributed by atoms with Gasteiger partial charge in [-0.1, -0.05) is 12.1 Å². The van der Waals surface area contributed by atoms with E-state index in [1.807, 2.05) is 23.5 Å². The van der Waals surface area contributed by atoms with Crippen LogP contribution in [-0.2, 0) is 6.42 Å². The Bertz CT molecular complexity index is 423. The van der Waals surface area contributed by atoms with Crippen molar-refractivity contribution in [2.45, 2.75) is 36.3 Å². The Hall–Kier alpha value is 0.150. The molecule has 2 aliphatic heterocycles. The van der Waals surface area contributed by atoms with Gasteiger partial charge in [-0.2, -0.15) is 28.5 Å². The van der Waals surface area contributed by atoms with Gasteiger partial charge in [-0.15, -0.1) is 11.8 Å². The van der Waals surface area contributed by atoms with Crippen LogP contribution in [0.2, 0.25) is 0 Å². The van der Waals surface area contributed by atoms with Gasteiger partial charge in [0.05, 0.1) is 5.25 Å². The van der Waals surface area contributed by atoms with Crippen LogP contribution < -0.4 is 5.32 Å². The second-order valence-corrected chi connectivity index (χ2v) is 8.83. The van der Waals surface area contributed by atoms with E-state index in [2.05, 4.69) is 34.1 Å².